The molecule has 2 rings (SSSR count). The van der Waals surface area contributed by atoms with Crippen molar-refractivity contribution in [1.29, 1.82) is 0 Å². The minimum atomic E-state index is -3.22. The molecule has 2 fully saturated rings. The van der Waals surface area contributed by atoms with Crippen LogP contribution in [0.4, 0.5) is 0 Å². The van der Waals surface area contributed by atoms with Crippen molar-refractivity contribution in [2.75, 3.05) is 26.2 Å². The molecule has 17 heavy (non-hydrogen) atoms. The molecule has 0 aliphatic carbocycles. The van der Waals surface area contributed by atoms with Crippen LogP contribution in [0.1, 0.15) is 38.5 Å². The van der Waals surface area contributed by atoms with Crippen LogP contribution in [0.25, 0.3) is 0 Å². The van der Waals surface area contributed by atoms with Crippen LogP contribution in [0, 0.1) is 0 Å². The lowest BCUT2D eigenvalue weighted by molar-refractivity contribution is 0.288. The van der Waals surface area contributed by atoms with Crippen LogP contribution in [0.2, 0.25) is 0 Å². The van der Waals surface area contributed by atoms with Crippen molar-refractivity contribution in [3.05, 3.63) is 0 Å². The number of rotatable bonds is 2. The van der Waals surface area contributed by atoms with E-state index in [0.29, 0.717) is 26.2 Å². The molecule has 2 aliphatic rings. The first-order valence-corrected chi connectivity index (χ1v) is 8.01. The summed E-state index contributed by atoms with van der Waals surface area (Å²) in [6.45, 7) is 2.54. The topological polar surface area (TPSA) is 66.6 Å². The summed E-state index contributed by atoms with van der Waals surface area (Å²) in [4.78, 5) is 0. The van der Waals surface area contributed by atoms with E-state index in [-0.39, 0.29) is 6.04 Å². The first kappa shape index (κ1) is 13.3. The fourth-order valence-electron chi connectivity index (χ4n) is 2.54. The largest absolute Gasteiger partial charge is 0.328 e. The van der Waals surface area contributed by atoms with Gasteiger partial charge in [-0.05, 0) is 25.7 Å². The standard InChI is InChI=1S/C11H23N3O2S/c12-11-5-9-14(10-6-11)17(15,16)13-7-3-1-2-4-8-13/h11H,1-10,12H2. The second-order valence-electron chi connectivity index (χ2n) is 5.06. The van der Waals surface area contributed by atoms with E-state index in [1.54, 1.807) is 8.61 Å². The predicted octanol–water partition coefficient (Wildman–Crippen LogP) is 0.530. The highest BCUT2D eigenvalue weighted by Crippen LogP contribution is 2.19. The quantitative estimate of drug-likeness (QED) is 0.788. The third-order valence-corrected chi connectivity index (χ3v) is 5.75. The molecule has 0 bridgehead atoms. The SMILES string of the molecule is NC1CCN(S(=O)(=O)N2CCCCCC2)CC1. The highest BCUT2D eigenvalue weighted by Gasteiger charge is 2.32. The van der Waals surface area contributed by atoms with E-state index in [1.165, 1.54) is 0 Å². The number of hydrogen-bond donors (Lipinski definition) is 1. The van der Waals surface area contributed by atoms with Crippen molar-refractivity contribution >= 4 is 10.2 Å². The van der Waals surface area contributed by atoms with Crippen LogP contribution in [0.5, 0.6) is 0 Å². The summed E-state index contributed by atoms with van der Waals surface area (Å²) < 4.78 is 28.1. The molecule has 0 spiro atoms. The molecule has 0 radical (unpaired) electrons. The van der Waals surface area contributed by atoms with E-state index in [2.05, 4.69) is 0 Å². The van der Waals surface area contributed by atoms with Crippen molar-refractivity contribution in [3.8, 4) is 0 Å². The number of hydrogen-bond acceptors (Lipinski definition) is 3. The van der Waals surface area contributed by atoms with Gasteiger partial charge in [0.25, 0.3) is 10.2 Å². The van der Waals surface area contributed by atoms with Crippen molar-refractivity contribution in [2.24, 2.45) is 5.73 Å². The Bertz CT molecular complexity index is 329. The lowest BCUT2D eigenvalue weighted by Crippen LogP contribution is -2.49. The van der Waals surface area contributed by atoms with Crippen molar-refractivity contribution in [3.63, 3.8) is 0 Å². The minimum Gasteiger partial charge on any atom is -0.328 e. The molecule has 100 valence electrons. The molecule has 0 unspecified atom stereocenters. The second-order valence-corrected chi connectivity index (χ2v) is 6.99. The maximum atomic E-state index is 12.4. The van der Waals surface area contributed by atoms with Gasteiger partial charge in [0.05, 0.1) is 0 Å². The predicted molar refractivity (Wildman–Crippen MR) is 67.7 cm³/mol. The number of piperidine rings is 1. The molecule has 5 nitrogen and oxygen atoms in total. The molecule has 2 N–H and O–H groups in total. The summed E-state index contributed by atoms with van der Waals surface area (Å²) >= 11 is 0. The van der Waals surface area contributed by atoms with Gasteiger partial charge in [-0.15, -0.1) is 0 Å². The Morgan fingerprint density at radius 1 is 0.824 bits per heavy atom. The number of nitrogens with zero attached hydrogens (tertiary/aromatic N) is 2. The van der Waals surface area contributed by atoms with Crippen LogP contribution in [-0.2, 0) is 10.2 Å². The van der Waals surface area contributed by atoms with Gasteiger partial charge in [-0.3, -0.25) is 0 Å². The third kappa shape index (κ3) is 3.19. The fourth-order valence-corrected chi connectivity index (χ4v) is 4.26. The Balaban J connectivity index is 2.01. The van der Waals surface area contributed by atoms with Crippen molar-refractivity contribution < 1.29 is 8.42 Å². The van der Waals surface area contributed by atoms with Crippen LogP contribution in [0.3, 0.4) is 0 Å². The number of nitrogens with two attached hydrogens (primary N) is 1. The van der Waals surface area contributed by atoms with Gasteiger partial charge < -0.3 is 5.73 Å². The molecule has 2 aliphatic heterocycles. The molecular weight excluding hydrogens is 238 g/mol. The van der Waals surface area contributed by atoms with E-state index >= 15 is 0 Å². The zero-order valence-electron chi connectivity index (χ0n) is 10.3. The van der Waals surface area contributed by atoms with Crippen LogP contribution >= 0.6 is 0 Å². The average Bonchev–Trinajstić information content (AvgIpc) is 2.58. The van der Waals surface area contributed by atoms with Gasteiger partial charge in [-0.25, -0.2) is 0 Å². The van der Waals surface area contributed by atoms with Gasteiger partial charge in [0.2, 0.25) is 0 Å². The molecule has 0 amide bonds. The monoisotopic (exact) mass is 261 g/mol. The summed E-state index contributed by atoms with van der Waals surface area (Å²) in [6.07, 6.45) is 5.85. The molecule has 0 saturated carbocycles. The Labute approximate surface area is 104 Å². The highest BCUT2D eigenvalue weighted by atomic mass is 32.2. The van der Waals surface area contributed by atoms with E-state index in [9.17, 15) is 8.42 Å². The lowest BCUT2D eigenvalue weighted by atomic mass is 10.1. The Morgan fingerprint density at radius 2 is 1.29 bits per heavy atom. The summed E-state index contributed by atoms with van der Waals surface area (Å²) in [5.74, 6) is 0. The first-order chi connectivity index (χ1) is 8.10. The molecule has 6 heteroatoms. The van der Waals surface area contributed by atoms with Gasteiger partial charge in [0.15, 0.2) is 0 Å². The van der Waals surface area contributed by atoms with E-state index in [4.69, 9.17) is 5.73 Å². The summed E-state index contributed by atoms with van der Waals surface area (Å²) in [5.41, 5.74) is 5.81. The van der Waals surface area contributed by atoms with E-state index in [1.807, 2.05) is 0 Å². The summed E-state index contributed by atoms with van der Waals surface area (Å²) in [7, 11) is -3.22. The van der Waals surface area contributed by atoms with E-state index < -0.39 is 10.2 Å². The molecule has 0 aromatic carbocycles. The Hall–Kier alpha value is -0.170. The molecule has 0 atom stereocenters. The Kier molecular flexibility index (Phi) is 4.41. The average molecular weight is 261 g/mol. The molecule has 2 heterocycles. The van der Waals surface area contributed by atoms with Crippen LogP contribution in [0.15, 0.2) is 0 Å². The molecular formula is C11H23N3O2S. The fraction of sp³-hybridized carbons (Fsp3) is 1.00. The first-order valence-electron chi connectivity index (χ1n) is 6.61. The van der Waals surface area contributed by atoms with Gasteiger partial charge in [-0.1, -0.05) is 12.8 Å². The third-order valence-electron chi connectivity index (χ3n) is 3.72. The van der Waals surface area contributed by atoms with Crippen LogP contribution < -0.4 is 5.73 Å². The lowest BCUT2D eigenvalue weighted by Gasteiger charge is -2.33. The van der Waals surface area contributed by atoms with E-state index in [0.717, 1.165) is 38.5 Å². The molecule has 2 saturated heterocycles. The zero-order valence-corrected chi connectivity index (χ0v) is 11.2. The van der Waals surface area contributed by atoms with Gasteiger partial charge in [0.1, 0.15) is 0 Å². The minimum absolute atomic E-state index is 0.172. The maximum Gasteiger partial charge on any atom is 0.281 e. The second kappa shape index (κ2) is 5.65. The Morgan fingerprint density at radius 3 is 1.82 bits per heavy atom. The van der Waals surface area contributed by atoms with Gasteiger partial charge in [0, 0.05) is 32.2 Å². The highest BCUT2D eigenvalue weighted by molar-refractivity contribution is 7.86. The summed E-state index contributed by atoms with van der Waals surface area (Å²) in [5, 5.41) is 0. The van der Waals surface area contributed by atoms with Crippen molar-refractivity contribution in [2.45, 2.75) is 44.6 Å². The van der Waals surface area contributed by atoms with Gasteiger partial charge in [-0.2, -0.15) is 17.0 Å². The zero-order chi connectivity index (χ0) is 12.3. The normalized spacial score (nSPS) is 26.9. The molecule has 0 aromatic rings. The smallest absolute Gasteiger partial charge is 0.281 e. The maximum absolute atomic E-state index is 12.4. The molecule has 0 aromatic heterocycles. The van der Waals surface area contributed by atoms with Gasteiger partial charge >= 0.3 is 0 Å². The summed E-state index contributed by atoms with van der Waals surface area (Å²) in [6, 6.07) is 0.172. The van der Waals surface area contributed by atoms with Crippen molar-refractivity contribution in [1.82, 2.24) is 8.61 Å². The van der Waals surface area contributed by atoms with Crippen LogP contribution in [-0.4, -0.2) is 49.2 Å².